The molecule has 0 atom stereocenters. The van der Waals surface area contributed by atoms with Gasteiger partial charge in [-0.3, -0.25) is 4.57 Å². The van der Waals surface area contributed by atoms with E-state index >= 15 is 0 Å². The fraction of sp³-hybridized carbons (Fsp3) is 1.00. The van der Waals surface area contributed by atoms with Crippen molar-refractivity contribution in [2.24, 2.45) is 5.41 Å². The Morgan fingerprint density at radius 3 is 1.17 bits per heavy atom. The maximum absolute atomic E-state index is 8.67. The fourth-order valence-electron chi connectivity index (χ4n) is 0.300. The molecule has 74 valence electrons. The van der Waals surface area contributed by atoms with Crippen LogP contribution in [0.25, 0.3) is 0 Å². The second-order valence-corrected chi connectivity index (χ2v) is 2.75. The van der Waals surface area contributed by atoms with Gasteiger partial charge in [-0.05, 0) is 11.2 Å². The Balaban J connectivity index is 0. The predicted molar refractivity (Wildman–Crippen MR) is 44.2 cm³/mol. The quantitative estimate of drug-likeness (QED) is 0.471. The molecule has 0 bridgehead atoms. The van der Waals surface area contributed by atoms with Gasteiger partial charge in [-0.25, -0.2) is 0 Å². The lowest BCUT2D eigenvalue weighted by Crippen LogP contribution is -2.37. The van der Waals surface area contributed by atoms with Gasteiger partial charge in [0.05, 0.1) is 31.8 Å². The fourth-order valence-corrected chi connectivity index (χ4v) is 0.300. The lowest BCUT2D eigenvalue weighted by molar-refractivity contribution is -0.0328. The highest BCUT2D eigenvalue weighted by atomic mass is 35.7. The van der Waals surface area contributed by atoms with Crippen LogP contribution in [-0.4, -0.2) is 46.9 Å². The molecule has 0 spiro atoms. The highest BCUT2D eigenvalue weighted by molar-refractivity contribution is 7.57. The summed E-state index contributed by atoms with van der Waals surface area (Å²) in [5.74, 6) is 0. The van der Waals surface area contributed by atoms with E-state index in [0.29, 0.717) is 0 Å². The molecule has 5 nitrogen and oxygen atoms in total. The van der Waals surface area contributed by atoms with Gasteiger partial charge >= 0.3 is 0 Å². The molecule has 0 saturated heterocycles. The van der Waals surface area contributed by atoms with Crippen molar-refractivity contribution in [3.63, 3.8) is 0 Å². The summed E-state index contributed by atoms with van der Waals surface area (Å²) in [4.78, 5) is 0. The number of hydrogen-bond acceptors (Lipinski definition) is 5. The van der Waals surface area contributed by atoms with E-state index in [9.17, 15) is 0 Å². The lowest BCUT2D eigenvalue weighted by atomic mass is 9.93. The third kappa shape index (κ3) is 5.83. The van der Waals surface area contributed by atoms with E-state index in [4.69, 9.17) is 25.0 Å². The van der Waals surface area contributed by atoms with E-state index in [1.165, 1.54) is 0 Å². The van der Waals surface area contributed by atoms with Crippen LogP contribution in [0, 0.1) is 5.41 Å². The molecule has 12 heavy (non-hydrogen) atoms. The first kappa shape index (κ1) is 14.7. The minimum absolute atomic E-state index is 0.361. The Bertz CT molecular complexity index is 90.5. The summed E-state index contributed by atoms with van der Waals surface area (Å²) in [5.41, 5.74) is -1.11. The maximum Gasteiger partial charge on any atom is 0.267 e. The Labute approximate surface area is 76.6 Å². The summed E-state index contributed by atoms with van der Waals surface area (Å²) in [5, 5.41) is 34.0. The van der Waals surface area contributed by atoms with Crippen LogP contribution >= 0.6 is 19.1 Å². The zero-order valence-corrected chi connectivity index (χ0v) is 8.00. The van der Waals surface area contributed by atoms with Crippen LogP contribution in [0.2, 0.25) is 0 Å². The number of aliphatic hydroxyl groups excluding tert-OH is 4. The van der Waals surface area contributed by atoms with Gasteiger partial charge in [0.15, 0.2) is 0 Å². The van der Waals surface area contributed by atoms with Gasteiger partial charge in [0.1, 0.15) is 0 Å². The molecule has 0 saturated carbocycles. The third-order valence-corrected chi connectivity index (χ3v) is 1.34. The molecule has 0 aromatic heterocycles. The average molecular weight is 219 g/mol. The van der Waals surface area contributed by atoms with Crippen LogP contribution in [0.4, 0.5) is 0 Å². The van der Waals surface area contributed by atoms with Crippen LogP contribution in [0.3, 0.4) is 0 Å². The molecule has 0 rings (SSSR count). The molecule has 0 aliphatic rings. The minimum Gasteiger partial charge on any atom is -0.396 e. The van der Waals surface area contributed by atoms with E-state index in [0.717, 1.165) is 0 Å². The first-order valence-electron chi connectivity index (χ1n) is 3.03. The minimum atomic E-state index is -1.11. The molecule has 0 heterocycles. The number of hydrogen-bond donors (Lipinski definition) is 4. The van der Waals surface area contributed by atoms with Gasteiger partial charge in [-0.15, -0.1) is 0 Å². The second kappa shape index (κ2) is 9.32. The molecular weight excluding hydrogens is 206 g/mol. The molecule has 4 N–H and O–H groups in total. The van der Waals surface area contributed by atoms with Crippen molar-refractivity contribution in [1.82, 2.24) is 0 Å². The second-order valence-electron chi connectivity index (χ2n) is 2.20. The van der Waals surface area contributed by atoms with E-state index in [-0.39, 0.29) is 7.81 Å². The van der Waals surface area contributed by atoms with Crippen molar-refractivity contribution in [3.05, 3.63) is 0 Å². The van der Waals surface area contributed by atoms with E-state index < -0.39 is 31.8 Å². The first-order valence-corrected chi connectivity index (χ1v) is 4.75. The molecule has 0 aliphatic carbocycles. The summed E-state index contributed by atoms with van der Waals surface area (Å²) < 4.78 is 8.67. The zero-order chi connectivity index (χ0) is 10.0. The van der Waals surface area contributed by atoms with Gasteiger partial charge in [0.2, 0.25) is 0 Å². The van der Waals surface area contributed by atoms with Crippen LogP contribution in [0.15, 0.2) is 0 Å². The Hall–Kier alpha value is 0.230. The molecule has 0 aliphatic heterocycles. The first-order chi connectivity index (χ1) is 5.66. The van der Waals surface area contributed by atoms with Gasteiger partial charge in [0.25, 0.3) is 7.81 Å². The lowest BCUT2D eigenvalue weighted by Gasteiger charge is -2.23. The van der Waals surface area contributed by atoms with Gasteiger partial charge in [-0.2, -0.15) is 0 Å². The number of rotatable bonds is 4. The van der Waals surface area contributed by atoms with Crippen molar-refractivity contribution >= 4 is 19.1 Å². The van der Waals surface area contributed by atoms with Crippen molar-refractivity contribution in [1.29, 1.82) is 0 Å². The normalized spacial score (nSPS) is 10.8. The van der Waals surface area contributed by atoms with Crippen molar-refractivity contribution in [2.75, 3.05) is 26.4 Å². The number of aliphatic hydroxyl groups is 4. The van der Waals surface area contributed by atoms with Gasteiger partial charge in [-0.1, -0.05) is 0 Å². The SMILES string of the molecule is O=PCl.OCC(CO)(CO)CO. The Kier molecular flexibility index (Phi) is 11.4. The molecule has 0 radical (unpaired) electrons. The molecule has 0 amide bonds. The average Bonchev–Trinajstić information content (AvgIpc) is 2.11. The molecular formula is C5H12ClO5P. The Morgan fingerprint density at radius 2 is 1.17 bits per heavy atom. The maximum atomic E-state index is 8.67. The highest BCUT2D eigenvalue weighted by Gasteiger charge is 2.26. The third-order valence-electron chi connectivity index (χ3n) is 1.34. The van der Waals surface area contributed by atoms with Crippen molar-refractivity contribution in [3.8, 4) is 0 Å². The Morgan fingerprint density at radius 1 is 1.00 bits per heavy atom. The molecule has 0 aromatic carbocycles. The van der Waals surface area contributed by atoms with E-state index in [2.05, 4.69) is 11.2 Å². The standard InChI is InChI=1S/C5H12O4.ClOP/c6-1-5(2-7,3-8)4-9;1-3-2/h6-9H,1-4H2;. The van der Waals surface area contributed by atoms with Crippen LogP contribution in [0.1, 0.15) is 0 Å². The van der Waals surface area contributed by atoms with Gasteiger partial charge in [0, 0.05) is 0 Å². The van der Waals surface area contributed by atoms with Crippen LogP contribution in [0.5, 0.6) is 0 Å². The summed E-state index contributed by atoms with van der Waals surface area (Å²) in [6.45, 7) is -1.62. The largest absolute Gasteiger partial charge is 0.396 e. The summed E-state index contributed by atoms with van der Waals surface area (Å²) in [6.07, 6.45) is 0. The monoisotopic (exact) mass is 218 g/mol. The predicted octanol–water partition coefficient (Wildman–Crippen LogP) is -0.626. The van der Waals surface area contributed by atoms with Crippen LogP contribution in [-0.2, 0) is 4.57 Å². The van der Waals surface area contributed by atoms with Gasteiger partial charge < -0.3 is 20.4 Å². The summed E-state index contributed by atoms with van der Waals surface area (Å²) in [6, 6.07) is 0. The van der Waals surface area contributed by atoms with Crippen LogP contribution < -0.4 is 0 Å². The molecule has 0 unspecified atom stereocenters. The van der Waals surface area contributed by atoms with E-state index in [1.807, 2.05) is 0 Å². The number of halogens is 1. The topological polar surface area (TPSA) is 98.0 Å². The van der Waals surface area contributed by atoms with E-state index in [1.54, 1.807) is 0 Å². The highest BCUT2D eigenvalue weighted by Crippen LogP contribution is 2.11. The zero-order valence-electron chi connectivity index (χ0n) is 6.35. The molecule has 7 heteroatoms. The summed E-state index contributed by atoms with van der Waals surface area (Å²) in [7, 11) is -0.361. The molecule has 0 aromatic rings. The smallest absolute Gasteiger partial charge is 0.267 e. The van der Waals surface area contributed by atoms with Crippen molar-refractivity contribution in [2.45, 2.75) is 0 Å². The molecule has 0 fully saturated rings. The van der Waals surface area contributed by atoms with Crippen molar-refractivity contribution < 1.29 is 25.0 Å². The summed E-state index contributed by atoms with van der Waals surface area (Å²) >= 11 is 4.42.